The van der Waals surface area contributed by atoms with Crippen LogP contribution in [0, 0.1) is 0 Å². The van der Waals surface area contributed by atoms with E-state index in [4.69, 9.17) is 9.84 Å². The van der Waals surface area contributed by atoms with Gasteiger partial charge in [-0.15, -0.1) is 0 Å². The van der Waals surface area contributed by atoms with Gasteiger partial charge in [0.2, 0.25) is 0 Å². The van der Waals surface area contributed by atoms with Gasteiger partial charge in [-0.3, -0.25) is 10.1 Å². The minimum Gasteiger partial charge on any atom is -0.449 e. The van der Waals surface area contributed by atoms with Crippen LogP contribution in [0.2, 0.25) is 0 Å². The Kier molecular flexibility index (Phi) is 5.67. The summed E-state index contributed by atoms with van der Waals surface area (Å²) >= 11 is 0. The standard InChI is InChI=1S/C13H16N2O5/c1-8(11(17)15-13(19)14-2)20-12(18)10-5-3-9(7-16)4-6-10/h3-6,8,16H,7H2,1-2H3,(H2,14,15,17,19)/t8-/m0/s1. The van der Waals surface area contributed by atoms with Crippen LogP contribution >= 0.6 is 0 Å². The number of rotatable bonds is 4. The highest BCUT2D eigenvalue weighted by Crippen LogP contribution is 2.07. The highest BCUT2D eigenvalue weighted by molar-refractivity contribution is 5.98. The Morgan fingerprint density at radius 2 is 1.85 bits per heavy atom. The molecule has 1 aromatic rings. The number of imide groups is 1. The summed E-state index contributed by atoms with van der Waals surface area (Å²) in [4.78, 5) is 34.2. The van der Waals surface area contributed by atoms with E-state index in [0.29, 0.717) is 5.56 Å². The van der Waals surface area contributed by atoms with Crippen LogP contribution in [0.1, 0.15) is 22.8 Å². The number of aliphatic hydroxyl groups excluding tert-OH is 1. The fourth-order valence-electron chi connectivity index (χ4n) is 1.30. The van der Waals surface area contributed by atoms with Crippen LogP contribution in [0.15, 0.2) is 24.3 Å². The summed E-state index contributed by atoms with van der Waals surface area (Å²) in [7, 11) is 1.36. The van der Waals surface area contributed by atoms with E-state index in [0.717, 1.165) is 0 Å². The molecule has 1 aromatic carbocycles. The van der Waals surface area contributed by atoms with Gasteiger partial charge in [-0.05, 0) is 24.6 Å². The molecule has 0 bridgehead atoms. The summed E-state index contributed by atoms with van der Waals surface area (Å²) in [6.45, 7) is 1.23. The van der Waals surface area contributed by atoms with E-state index in [-0.39, 0.29) is 12.2 Å². The predicted molar refractivity (Wildman–Crippen MR) is 69.8 cm³/mol. The van der Waals surface area contributed by atoms with Crippen LogP contribution in [-0.4, -0.2) is 36.2 Å². The molecule has 0 aliphatic rings. The molecule has 0 saturated heterocycles. The second-order valence-electron chi connectivity index (χ2n) is 3.97. The monoisotopic (exact) mass is 280 g/mol. The minimum absolute atomic E-state index is 0.125. The molecule has 108 valence electrons. The zero-order chi connectivity index (χ0) is 15.1. The average molecular weight is 280 g/mol. The lowest BCUT2D eigenvalue weighted by Gasteiger charge is -2.12. The zero-order valence-corrected chi connectivity index (χ0v) is 11.2. The number of nitrogens with one attached hydrogen (secondary N) is 2. The summed E-state index contributed by atoms with van der Waals surface area (Å²) in [5.74, 6) is -1.40. The largest absolute Gasteiger partial charge is 0.449 e. The molecule has 0 radical (unpaired) electrons. The SMILES string of the molecule is CNC(=O)NC(=O)[C@H](C)OC(=O)c1ccc(CO)cc1. The lowest BCUT2D eigenvalue weighted by atomic mass is 10.1. The molecule has 0 aromatic heterocycles. The molecule has 1 atom stereocenters. The topological polar surface area (TPSA) is 105 Å². The van der Waals surface area contributed by atoms with Crippen LogP contribution in [0.25, 0.3) is 0 Å². The lowest BCUT2D eigenvalue weighted by Crippen LogP contribution is -2.43. The van der Waals surface area contributed by atoms with E-state index in [1.807, 2.05) is 5.32 Å². The fraction of sp³-hybridized carbons (Fsp3) is 0.308. The Hall–Kier alpha value is -2.41. The molecule has 3 amide bonds. The van der Waals surface area contributed by atoms with Crippen molar-refractivity contribution in [2.75, 3.05) is 7.05 Å². The van der Waals surface area contributed by atoms with Crippen LogP contribution in [0.5, 0.6) is 0 Å². The molecule has 0 heterocycles. The molecule has 0 aliphatic carbocycles. The number of hydrogen-bond donors (Lipinski definition) is 3. The van der Waals surface area contributed by atoms with E-state index in [9.17, 15) is 14.4 Å². The third-order valence-corrected chi connectivity index (χ3v) is 2.49. The fourth-order valence-corrected chi connectivity index (χ4v) is 1.30. The molecule has 1 rings (SSSR count). The van der Waals surface area contributed by atoms with Crippen molar-refractivity contribution < 1.29 is 24.2 Å². The maximum Gasteiger partial charge on any atom is 0.338 e. The van der Waals surface area contributed by atoms with Gasteiger partial charge in [-0.1, -0.05) is 12.1 Å². The van der Waals surface area contributed by atoms with Gasteiger partial charge in [0.25, 0.3) is 5.91 Å². The highest BCUT2D eigenvalue weighted by atomic mass is 16.5. The summed E-state index contributed by atoms with van der Waals surface area (Å²) in [5, 5.41) is 13.1. The van der Waals surface area contributed by atoms with Gasteiger partial charge in [0, 0.05) is 7.05 Å². The summed E-state index contributed by atoms with van der Waals surface area (Å²) in [6.07, 6.45) is -1.10. The van der Waals surface area contributed by atoms with Gasteiger partial charge >= 0.3 is 12.0 Å². The van der Waals surface area contributed by atoms with Crippen molar-refractivity contribution in [2.45, 2.75) is 19.6 Å². The number of amides is 3. The molecule has 3 N–H and O–H groups in total. The van der Waals surface area contributed by atoms with E-state index in [2.05, 4.69) is 5.32 Å². The van der Waals surface area contributed by atoms with E-state index in [1.54, 1.807) is 12.1 Å². The van der Waals surface area contributed by atoms with Gasteiger partial charge in [0.05, 0.1) is 12.2 Å². The van der Waals surface area contributed by atoms with Crippen LogP contribution in [0.4, 0.5) is 4.79 Å². The molecular formula is C13H16N2O5. The van der Waals surface area contributed by atoms with Crippen molar-refractivity contribution in [2.24, 2.45) is 0 Å². The van der Waals surface area contributed by atoms with Gasteiger partial charge in [0.1, 0.15) is 0 Å². The second-order valence-corrected chi connectivity index (χ2v) is 3.97. The van der Waals surface area contributed by atoms with Crippen LogP contribution < -0.4 is 10.6 Å². The molecule has 0 saturated carbocycles. The molecular weight excluding hydrogens is 264 g/mol. The lowest BCUT2D eigenvalue weighted by molar-refractivity contribution is -0.127. The van der Waals surface area contributed by atoms with Crippen LogP contribution in [0.3, 0.4) is 0 Å². The maximum atomic E-state index is 11.7. The Labute approximate surface area is 115 Å². The summed E-state index contributed by atoms with van der Waals surface area (Å²) in [6, 6.07) is 5.44. The number of ether oxygens (including phenoxy) is 1. The third kappa shape index (κ3) is 4.36. The average Bonchev–Trinajstić information content (AvgIpc) is 2.46. The first-order chi connectivity index (χ1) is 9.47. The van der Waals surface area contributed by atoms with Crippen molar-refractivity contribution in [3.63, 3.8) is 0 Å². The number of carbonyl (C=O) groups is 3. The second kappa shape index (κ2) is 7.25. The van der Waals surface area contributed by atoms with Crippen LogP contribution in [-0.2, 0) is 16.1 Å². The molecule has 0 spiro atoms. The van der Waals surface area contributed by atoms with Crippen molar-refractivity contribution in [1.82, 2.24) is 10.6 Å². The Bertz CT molecular complexity index is 498. The Morgan fingerprint density at radius 1 is 1.25 bits per heavy atom. The summed E-state index contributed by atoms with van der Waals surface area (Å²) < 4.78 is 4.92. The minimum atomic E-state index is -1.10. The van der Waals surface area contributed by atoms with Gasteiger partial charge < -0.3 is 15.2 Å². The van der Waals surface area contributed by atoms with E-state index in [1.165, 1.54) is 26.1 Å². The molecule has 0 aliphatic heterocycles. The quantitative estimate of drug-likeness (QED) is 0.682. The van der Waals surface area contributed by atoms with Crippen molar-refractivity contribution in [1.29, 1.82) is 0 Å². The smallest absolute Gasteiger partial charge is 0.338 e. The number of carbonyl (C=O) groups excluding carboxylic acids is 3. The molecule has 7 heteroatoms. The third-order valence-electron chi connectivity index (χ3n) is 2.49. The Morgan fingerprint density at radius 3 is 2.35 bits per heavy atom. The number of aliphatic hydroxyl groups is 1. The van der Waals surface area contributed by atoms with Crippen molar-refractivity contribution in [3.05, 3.63) is 35.4 Å². The van der Waals surface area contributed by atoms with Crippen molar-refractivity contribution >= 4 is 17.9 Å². The van der Waals surface area contributed by atoms with E-state index >= 15 is 0 Å². The highest BCUT2D eigenvalue weighted by Gasteiger charge is 2.20. The maximum absolute atomic E-state index is 11.7. The zero-order valence-electron chi connectivity index (χ0n) is 11.2. The first kappa shape index (κ1) is 15.6. The number of urea groups is 1. The molecule has 20 heavy (non-hydrogen) atoms. The first-order valence-corrected chi connectivity index (χ1v) is 5.91. The van der Waals surface area contributed by atoms with Gasteiger partial charge in [-0.25, -0.2) is 9.59 Å². The predicted octanol–water partition coefficient (Wildman–Crippen LogP) is 0.180. The van der Waals surface area contributed by atoms with Gasteiger partial charge in [0.15, 0.2) is 6.10 Å². The normalized spacial score (nSPS) is 11.3. The number of esters is 1. The number of hydrogen-bond acceptors (Lipinski definition) is 5. The molecule has 0 unspecified atom stereocenters. The molecule has 7 nitrogen and oxygen atoms in total. The Balaban J connectivity index is 2.60. The number of benzene rings is 1. The first-order valence-electron chi connectivity index (χ1n) is 5.91. The summed E-state index contributed by atoms with van der Waals surface area (Å²) in [5.41, 5.74) is 0.911. The van der Waals surface area contributed by atoms with Crippen molar-refractivity contribution in [3.8, 4) is 0 Å². The molecule has 0 fully saturated rings. The van der Waals surface area contributed by atoms with Gasteiger partial charge in [-0.2, -0.15) is 0 Å². The van der Waals surface area contributed by atoms with E-state index < -0.39 is 24.0 Å².